The molecule has 0 unspecified atom stereocenters. The molecule has 0 atom stereocenters. The number of anilines is 1. The van der Waals surface area contributed by atoms with Crippen LogP contribution in [-0.2, 0) is 0 Å². The SMILES string of the molecule is CC(C)(C#N)CCNc1cccc(Oc2ccccc2)c1. The zero-order valence-corrected chi connectivity index (χ0v) is 12.5. The summed E-state index contributed by atoms with van der Waals surface area (Å²) >= 11 is 0. The molecule has 0 aromatic heterocycles. The van der Waals surface area contributed by atoms with E-state index in [0.29, 0.717) is 0 Å². The predicted molar refractivity (Wildman–Crippen MR) is 85.5 cm³/mol. The largest absolute Gasteiger partial charge is 0.457 e. The molecule has 0 spiro atoms. The first kappa shape index (κ1) is 14.9. The van der Waals surface area contributed by atoms with Crippen LogP contribution in [0.3, 0.4) is 0 Å². The molecule has 0 radical (unpaired) electrons. The van der Waals surface area contributed by atoms with E-state index in [1.165, 1.54) is 0 Å². The van der Waals surface area contributed by atoms with E-state index in [1.807, 2.05) is 68.4 Å². The van der Waals surface area contributed by atoms with Crippen LogP contribution in [0.15, 0.2) is 54.6 Å². The summed E-state index contributed by atoms with van der Waals surface area (Å²) in [5.74, 6) is 1.62. The smallest absolute Gasteiger partial charge is 0.129 e. The normalized spacial score (nSPS) is 10.7. The lowest BCUT2D eigenvalue weighted by Gasteiger charge is -2.16. The number of ether oxygens (including phenoxy) is 1. The third-order valence-corrected chi connectivity index (χ3v) is 3.19. The molecule has 21 heavy (non-hydrogen) atoms. The van der Waals surface area contributed by atoms with Crippen LogP contribution in [0.25, 0.3) is 0 Å². The minimum absolute atomic E-state index is 0.300. The molecular weight excluding hydrogens is 260 g/mol. The van der Waals surface area contributed by atoms with Crippen molar-refractivity contribution in [3.05, 3.63) is 54.6 Å². The molecule has 0 aliphatic heterocycles. The molecule has 2 aromatic rings. The molecule has 2 rings (SSSR count). The first-order valence-electron chi connectivity index (χ1n) is 7.07. The Morgan fingerprint density at radius 2 is 1.76 bits per heavy atom. The molecule has 0 heterocycles. The number of benzene rings is 2. The zero-order valence-electron chi connectivity index (χ0n) is 12.5. The Morgan fingerprint density at radius 3 is 2.48 bits per heavy atom. The Kier molecular flexibility index (Phi) is 4.84. The van der Waals surface area contributed by atoms with Crippen LogP contribution in [0, 0.1) is 16.7 Å². The highest BCUT2D eigenvalue weighted by molar-refractivity contribution is 5.49. The van der Waals surface area contributed by atoms with Crippen molar-refractivity contribution in [2.75, 3.05) is 11.9 Å². The van der Waals surface area contributed by atoms with Crippen LogP contribution in [0.2, 0.25) is 0 Å². The van der Waals surface area contributed by atoms with Crippen LogP contribution in [0.1, 0.15) is 20.3 Å². The van der Waals surface area contributed by atoms with Crippen molar-refractivity contribution in [3.8, 4) is 17.6 Å². The van der Waals surface area contributed by atoms with E-state index in [2.05, 4.69) is 11.4 Å². The topological polar surface area (TPSA) is 45.0 Å². The summed E-state index contributed by atoms with van der Waals surface area (Å²) in [4.78, 5) is 0. The summed E-state index contributed by atoms with van der Waals surface area (Å²) in [6, 6.07) is 19.9. The van der Waals surface area contributed by atoms with Crippen LogP contribution in [0.4, 0.5) is 5.69 Å². The molecule has 2 aromatic carbocycles. The number of nitriles is 1. The van der Waals surface area contributed by atoms with E-state index >= 15 is 0 Å². The number of hydrogen-bond acceptors (Lipinski definition) is 3. The molecule has 0 bridgehead atoms. The standard InChI is InChI=1S/C18H20N2O/c1-18(2,14-19)11-12-20-15-7-6-10-17(13-15)21-16-8-4-3-5-9-16/h3-10,13,20H,11-12H2,1-2H3. The zero-order chi connectivity index (χ0) is 15.1. The number of para-hydroxylation sites is 1. The lowest BCUT2D eigenvalue weighted by Crippen LogP contribution is -2.14. The van der Waals surface area contributed by atoms with Gasteiger partial charge in [0.25, 0.3) is 0 Å². The second kappa shape index (κ2) is 6.81. The van der Waals surface area contributed by atoms with Gasteiger partial charge < -0.3 is 10.1 Å². The van der Waals surface area contributed by atoms with Gasteiger partial charge in [-0.15, -0.1) is 0 Å². The van der Waals surface area contributed by atoms with Gasteiger partial charge in [0, 0.05) is 18.3 Å². The van der Waals surface area contributed by atoms with Gasteiger partial charge in [0.1, 0.15) is 11.5 Å². The molecule has 0 saturated heterocycles. The minimum Gasteiger partial charge on any atom is -0.457 e. The van der Waals surface area contributed by atoms with Crippen LogP contribution < -0.4 is 10.1 Å². The van der Waals surface area contributed by atoms with Gasteiger partial charge in [-0.3, -0.25) is 0 Å². The molecular formula is C18H20N2O. The summed E-state index contributed by atoms with van der Waals surface area (Å²) in [6.07, 6.45) is 0.799. The molecule has 3 nitrogen and oxygen atoms in total. The number of nitrogens with zero attached hydrogens (tertiary/aromatic N) is 1. The number of rotatable bonds is 6. The molecule has 1 N–H and O–H groups in total. The average molecular weight is 280 g/mol. The lowest BCUT2D eigenvalue weighted by atomic mass is 9.91. The summed E-state index contributed by atoms with van der Waals surface area (Å²) in [7, 11) is 0. The maximum atomic E-state index is 9.00. The number of hydrogen-bond donors (Lipinski definition) is 1. The fourth-order valence-electron chi connectivity index (χ4n) is 1.87. The van der Waals surface area contributed by atoms with E-state index in [4.69, 9.17) is 10.00 Å². The molecule has 108 valence electrons. The monoisotopic (exact) mass is 280 g/mol. The molecule has 0 amide bonds. The Labute approximate surface area is 126 Å². The van der Waals surface area contributed by atoms with Gasteiger partial charge in [-0.25, -0.2) is 0 Å². The van der Waals surface area contributed by atoms with Gasteiger partial charge in [-0.05, 0) is 44.5 Å². The maximum Gasteiger partial charge on any atom is 0.129 e. The van der Waals surface area contributed by atoms with Crippen molar-refractivity contribution >= 4 is 5.69 Å². The van der Waals surface area contributed by atoms with E-state index in [1.54, 1.807) is 0 Å². The Morgan fingerprint density at radius 1 is 1.05 bits per heavy atom. The quantitative estimate of drug-likeness (QED) is 0.824. The Bertz CT molecular complexity index is 615. The van der Waals surface area contributed by atoms with E-state index in [9.17, 15) is 0 Å². The molecule has 0 aliphatic carbocycles. The molecule has 3 heteroatoms. The minimum atomic E-state index is -0.300. The first-order valence-corrected chi connectivity index (χ1v) is 7.07. The third-order valence-electron chi connectivity index (χ3n) is 3.19. The van der Waals surface area contributed by atoms with Crippen molar-refractivity contribution in [1.29, 1.82) is 5.26 Å². The highest BCUT2D eigenvalue weighted by Crippen LogP contribution is 2.24. The van der Waals surface area contributed by atoms with Crippen LogP contribution in [-0.4, -0.2) is 6.54 Å². The van der Waals surface area contributed by atoms with Crippen molar-refractivity contribution in [1.82, 2.24) is 0 Å². The number of nitrogens with one attached hydrogen (secondary N) is 1. The van der Waals surface area contributed by atoms with Gasteiger partial charge in [0.15, 0.2) is 0 Å². The van der Waals surface area contributed by atoms with Gasteiger partial charge in [0.05, 0.1) is 11.5 Å². The lowest BCUT2D eigenvalue weighted by molar-refractivity contribution is 0.466. The molecule has 0 fully saturated rings. The van der Waals surface area contributed by atoms with Gasteiger partial charge in [0.2, 0.25) is 0 Å². The van der Waals surface area contributed by atoms with Crippen molar-refractivity contribution in [3.63, 3.8) is 0 Å². The van der Waals surface area contributed by atoms with Crippen molar-refractivity contribution < 1.29 is 4.74 Å². The fourth-order valence-corrected chi connectivity index (χ4v) is 1.87. The summed E-state index contributed by atoms with van der Waals surface area (Å²) in [5, 5.41) is 12.3. The average Bonchev–Trinajstić information content (AvgIpc) is 2.48. The van der Waals surface area contributed by atoms with Crippen molar-refractivity contribution in [2.24, 2.45) is 5.41 Å². The summed E-state index contributed by atoms with van der Waals surface area (Å²) < 4.78 is 5.80. The van der Waals surface area contributed by atoms with Gasteiger partial charge >= 0.3 is 0 Å². The van der Waals surface area contributed by atoms with E-state index < -0.39 is 0 Å². The highest BCUT2D eigenvalue weighted by Gasteiger charge is 2.15. The van der Waals surface area contributed by atoms with Crippen molar-refractivity contribution in [2.45, 2.75) is 20.3 Å². The Balaban J connectivity index is 1.94. The van der Waals surface area contributed by atoms with Crippen LogP contribution in [0.5, 0.6) is 11.5 Å². The summed E-state index contributed by atoms with van der Waals surface area (Å²) in [6.45, 7) is 4.66. The fraction of sp³-hybridized carbons (Fsp3) is 0.278. The highest BCUT2D eigenvalue weighted by atomic mass is 16.5. The maximum absolute atomic E-state index is 9.00. The molecule has 0 saturated carbocycles. The molecule has 0 aliphatic rings. The van der Waals surface area contributed by atoms with Gasteiger partial charge in [-0.2, -0.15) is 5.26 Å². The first-order chi connectivity index (χ1) is 10.1. The van der Waals surface area contributed by atoms with Gasteiger partial charge in [-0.1, -0.05) is 24.3 Å². The van der Waals surface area contributed by atoms with Crippen LogP contribution >= 0.6 is 0 Å². The second-order valence-corrected chi connectivity index (χ2v) is 5.62. The summed E-state index contributed by atoms with van der Waals surface area (Å²) in [5.41, 5.74) is 0.697. The van der Waals surface area contributed by atoms with E-state index in [0.717, 1.165) is 30.2 Å². The Hall–Kier alpha value is -2.47. The predicted octanol–water partition coefficient (Wildman–Crippen LogP) is 4.83. The third kappa shape index (κ3) is 4.85. The van der Waals surface area contributed by atoms with E-state index in [-0.39, 0.29) is 5.41 Å². The second-order valence-electron chi connectivity index (χ2n) is 5.62.